The van der Waals surface area contributed by atoms with E-state index in [9.17, 15) is 13.2 Å². The van der Waals surface area contributed by atoms with E-state index < -0.39 is 11.9 Å². The molecule has 26 heavy (non-hydrogen) atoms. The second-order valence-electron chi connectivity index (χ2n) is 5.35. The minimum atomic E-state index is -4.47. The van der Waals surface area contributed by atoms with Gasteiger partial charge in [0.15, 0.2) is 5.16 Å². The molecule has 0 fully saturated rings. The van der Waals surface area contributed by atoms with E-state index in [4.69, 9.17) is 4.74 Å². The average molecular weight is 397 g/mol. The Morgan fingerprint density at radius 2 is 1.88 bits per heavy atom. The quantitative estimate of drug-likeness (QED) is 0.426. The highest BCUT2D eigenvalue weighted by Gasteiger charge is 2.32. The molecule has 0 spiro atoms. The fraction of sp³-hybridized carbons (Fsp3) is 0.235. The number of hydrogen-bond donors (Lipinski definition) is 0. The molecule has 0 bridgehead atoms. The molecule has 0 amide bonds. The zero-order valence-electron chi connectivity index (χ0n) is 13.7. The van der Waals surface area contributed by atoms with Crippen molar-refractivity contribution in [2.45, 2.75) is 30.6 Å². The summed E-state index contributed by atoms with van der Waals surface area (Å²) in [6.45, 7) is 2.35. The van der Waals surface area contributed by atoms with Gasteiger partial charge in [0, 0.05) is 17.3 Å². The smallest absolute Gasteiger partial charge is 0.433 e. The number of thioether (sulfide) groups is 1. The fourth-order valence-corrected chi connectivity index (χ4v) is 3.50. The molecule has 0 saturated heterocycles. The van der Waals surface area contributed by atoms with Gasteiger partial charge in [-0.15, -0.1) is 11.3 Å². The first-order valence-electron chi connectivity index (χ1n) is 7.56. The largest absolute Gasteiger partial charge is 0.486 e. The molecule has 4 nitrogen and oxygen atoms in total. The number of hydrogen-bond acceptors (Lipinski definition) is 6. The van der Waals surface area contributed by atoms with E-state index >= 15 is 0 Å². The van der Waals surface area contributed by atoms with Crippen LogP contribution in [0.4, 0.5) is 13.2 Å². The van der Waals surface area contributed by atoms with Crippen molar-refractivity contribution in [1.82, 2.24) is 15.0 Å². The van der Waals surface area contributed by atoms with E-state index in [1.54, 1.807) is 0 Å². The summed E-state index contributed by atoms with van der Waals surface area (Å²) in [4.78, 5) is 11.8. The highest BCUT2D eigenvalue weighted by Crippen LogP contribution is 2.29. The van der Waals surface area contributed by atoms with Crippen LogP contribution in [0.1, 0.15) is 22.0 Å². The molecule has 9 heteroatoms. The Morgan fingerprint density at radius 1 is 1.12 bits per heavy atom. The van der Waals surface area contributed by atoms with Crippen LogP contribution in [0.5, 0.6) is 5.75 Å². The lowest BCUT2D eigenvalue weighted by Crippen LogP contribution is -2.08. The number of halogens is 3. The molecule has 0 aliphatic heterocycles. The van der Waals surface area contributed by atoms with Crippen LogP contribution in [-0.2, 0) is 18.5 Å². The summed E-state index contributed by atoms with van der Waals surface area (Å²) in [5, 5.41) is 2.73. The third-order valence-electron chi connectivity index (χ3n) is 3.26. The monoisotopic (exact) mass is 397 g/mol. The van der Waals surface area contributed by atoms with E-state index in [1.807, 2.05) is 36.6 Å². The minimum Gasteiger partial charge on any atom is -0.486 e. The molecule has 0 saturated carbocycles. The summed E-state index contributed by atoms with van der Waals surface area (Å²) in [6, 6.07) is 8.57. The van der Waals surface area contributed by atoms with E-state index in [0.29, 0.717) is 12.4 Å². The number of aryl methyl sites for hydroxylation is 1. The second kappa shape index (κ2) is 8.05. The van der Waals surface area contributed by atoms with Gasteiger partial charge in [-0.3, -0.25) is 0 Å². The Kier molecular flexibility index (Phi) is 5.77. The van der Waals surface area contributed by atoms with Gasteiger partial charge in [0.2, 0.25) is 0 Å². The molecule has 3 aromatic rings. The van der Waals surface area contributed by atoms with Crippen LogP contribution in [0.2, 0.25) is 0 Å². The van der Waals surface area contributed by atoms with Crippen molar-refractivity contribution in [1.29, 1.82) is 0 Å². The number of benzene rings is 1. The number of nitrogens with zero attached hydrogens (tertiary/aromatic N) is 3. The van der Waals surface area contributed by atoms with Crippen LogP contribution >= 0.6 is 23.1 Å². The van der Waals surface area contributed by atoms with Gasteiger partial charge in [0.05, 0.1) is 5.69 Å². The molecule has 0 unspecified atom stereocenters. The number of thiazole rings is 1. The molecule has 0 N–H and O–H groups in total. The van der Waals surface area contributed by atoms with E-state index in [0.717, 1.165) is 46.0 Å². The molecule has 136 valence electrons. The van der Waals surface area contributed by atoms with Gasteiger partial charge in [-0.1, -0.05) is 29.5 Å². The average Bonchev–Trinajstić information content (AvgIpc) is 3.07. The van der Waals surface area contributed by atoms with E-state index in [1.165, 1.54) is 11.3 Å². The van der Waals surface area contributed by atoms with Gasteiger partial charge in [-0.25, -0.2) is 15.0 Å². The molecule has 0 radical (unpaired) electrons. The number of aromatic nitrogens is 3. The summed E-state index contributed by atoms with van der Waals surface area (Å²) in [5.74, 6) is 1.15. The first-order valence-corrected chi connectivity index (χ1v) is 9.42. The minimum absolute atomic E-state index is 0.0743. The van der Waals surface area contributed by atoms with Crippen molar-refractivity contribution in [2.24, 2.45) is 0 Å². The van der Waals surface area contributed by atoms with Crippen molar-refractivity contribution >= 4 is 23.1 Å². The molecule has 2 heterocycles. The van der Waals surface area contributed by atoms with Crippen molar-refractivity contribution in [3.63, 3.8) is 0 Å². The van der Waals surface area contributed by atoms with Gasteiger partial charge < -0.3 is 4.74 Å². The Balaban J connectivity index is 1.54. The van der Waals surface area contributed by atoms with Gasteiger partial charge in [-0.2, -0.15) is 13.2 Å². The molecule has 2 aromatic heterocycles. The third-order valence-corrected chi connectivity index (χ3v) is 5.02. The summed E-state index contributed by atoms with van der Waals surface area (Å²) < 4.78 is 43.6. The van der Waals surface area contributed by atoms with Gasteiger partial charge in [0.1, 0.15) is 23.1 Å². The Morgan fingerprint density at radius 3 is 2.62 bits per heavy atom. The third kappa shape index (κ3) is 5.18. The van der Waals surface area contributed by atoms with Gasteiger partial charge in [0.25, 0.3) is 0 Å². The normalized spacial score (nSPS) is 11.5. The number of alkyl halides is 3. The summed E-state index contributed by atoms with van der Waals surface area (Å²) >= 11 is 2.56. The molecule has 3 rings (SSSR count). The zero-order chi connectivity index (χ0) is 18.6. The maximum absolute atomic E-state index is 12.7. The lowest BCUT2D eigenvalue weighted by molar-refractivity contribution is -0.141. The highest BCUT2D eigenvalue weighted by atomic mass is 32.2. The van der Waals surface area contributed by atoms with Crippen molar-refractivity contribution in [3.05, 3.63) is 63.9 Å². The first-order chi connectivity index (χ1) is 12.4. The molecule has 0 aliphatic rings. The standard InChI is InChI=1S/C17H14F3N3OS2/c1-11-2-4-13(5-3-11)24-8-15-22-12(9-25-15)10-26-16-21-7-6-14(23-16)17(18,19)20/h2-7,9H,8,10H2,1H3. The SMILES string of the molecule is Cc1ccc(OCc2nc(CSc3nccc(C(F)(F)F)n3)cs2)cc1. The van der Waals surface area contributed by atoms with Crippen molar-refractivity contribution in [2.75, 3.05) is 0 Å². The van der Waals surface area contributed by atoms with Gasteiger partial charge >= 0.3 is 6.18 Å². The first kappa shape index (κ1) is 18.7. The Hall–Kier alpha value is -2.13. The van der Waals surface area contributed by atoms with E-state index in [-0.39, 0.29) is 5.16 Å². The van der Waals surface area contributed by atoms with Crippen LogP contribution in [0.3, 0.4) is 0 Å². The lowest BCUT2D eigenvalue weighted by Gasteiger charge is -2.06. The molecular formula is C17H14F3N3OS2. The van der Waals surface area contributed by atoms with Crippen molar-refractivity contribution in [3.8, 4) is 5.75 Å². The van der Waals surface area contributed by atoms with Crippen LogP contribution in [0.15, 0.2) is 47.1 Å². The predicted octanol–water partition coefficient (Wildman–Crippen LogP) is 5.13. The molecular weight excluding hydrogens is 383 g/mol. The number of ether oxygens (including phenoxy) is 1. The lowest BCUT2D eigenvalue weighted by atomic mass is 10.2. The zero-order valence-corrected chi connectivity index (χ0v) is 15.3. The maximum Gasteiger partial charge on any atom is 0.433 e. The summed E-state index contributed by atoms with van der Waals surface area (Å²) in [5.41, 5.74) is 0.965. The summed E-state index contributed by atoms with van der Waals surface area (Å²) in [6.07, 6.45) is -3.36. The Bertz CT molecular complexity index is 866. The van der Waals surface area contributed by atoms with Crippen LogP contribution in [0.25, 0.3) is 0 Å². The predicted molar refractivity (Wildman–Crippen MR) is 94.2 cm³/mol. The number of rotatable bonds is 6. The Labute approximate surface area is 156 Å². The van der Waals surface area contributed by atoms with Crippen LogP contribution in [-0.4, -0.2) is 15.0 Å². The topological polar surface area (TPSA) is 47.9 Å². The molecule has 0 aliphatic carbocycles. The maximum atomic E-state index is 12.7. The van der Waals surface area contributed by atoms with E-state index in [2.05, 4.69) is 15.0 Å². The van der Waals surface area contributed by atoms with Crippen LogP contribution in [0, 0.1) is 6.92 Å². The molecule has 0 atom stereocenters. The summed E-state index contributed by atoms with van der Waals surface area (Å²) in [7, 11) is 0. The molecule has 1 aromatic carbocycles. The highest BCUT2D eigenvalue weighted by molar-refractivity contribution is 7.98. The van der Waals surface area contributed by atoms with Crippen LogP contribution < -0.4 is 4.74 Å². The second-order valence-corrected chi connectivity index (χ2v) is 7.23. The van der Waals surface area contributed by atoms with Gasteiger partial charge in [-0.05, 0) is 25.1 Å². The fourth-order valence-electron chi connectivity index (χ4n) is 1.97. The van der Waals surface area contributed by atoms with Crippen molar-refractivity contribution < 1.29 is 17.9 Å².